The molecule has 460 valence electrons. The van der Waals surface area contributed by atoms with Gasteiger partial charge in [-0.3, -0.25) is 19.2 Å². The van der Waals surface area contributed by atoms with Crippen molar-refractivity contribution >= 4 is 29.8 Å². The second-order valence-electron chi connectivity index (χ2n) is 26.4. The Morgan fingerprint density at radius 2 is 0.935 bits per heavy atom. The van der Waals surface area contributed by atoms with Gasteiger partial charge in [0.2, 0.25) is 6.10 Å². The number of cyclic esters (lactones) is 1. The average Bonchev–Trinajstić information content (AvgIpc) is 3.92. The molecule has 77 heavy (non-hydrogen) atoms. The maximum Gasteiger partial charge on any atom is 0.347 e. The monoisotopic (exact) mass is 1100 g/mol. The molecule has 0 aromatic rings. The van der Waals surface area contributed by atoms with Gasteiger partial charge in [0.15, 0.2) is 0 Å². The fourth-order valence-electron chi connectivity index (χ4n) is 13.4. The summed E-state index contributed by atoms with van der Waals surface area (Å²) in [6.07, 6.45) is 20.7. The van der Waals surface area contributed by atoms with E-state index >= 15 is 0 Å². The number of hydrogen-bond acceptors (Lipinski definition) is 11. The lowest BCUT2D eigenvalue weighted by molar-refractivity contribution is -0.231. The Bertz CT molecular complexity index is 1760. The van der Waals surface area contributed by atoms with Gasteiger partial charge in [0.1, 0.15) is 16.8 Å². The van der Waals surface area contributed by atoms with Gasteiger partial charge in [-0.25, -0.2) is 4.79 Å². The van der Waals surface area contributed by atoms with Crippen LogP contribution in [0.5, 0.6) is 0 Å². The Balaban J connectivity index is -0.000000451. The first-order valence-electron chi connectivity index (χ1n) is 27.8. The van der Waals surface area contributed by atoms with Gasteiger partial charge in [-0.1, -0.05) is 108 Å². The predicted molar refractivity (Wildman–Crippen MR) is 322 cm³/mol. The van der Waals surface area contributed by atoms with Gasteiger partial charge in [-0.05, 0) is 219 Å². The van der Waals surface area contributed by atoms with Crippen LogP contribution in [0, 0.1) is 63.1 Å². The third kappa shape index (κ3) is 18.4. The first-order valence-corrected chi connectivity index (χ1v) is 27.8. The van der Waals surface area contributed by atoms with Crippen molar-refractivity contribution in [2.75, 3.05) is 6.61 Å². The number of aliphatic hydroxyl groups is 1. The molecule has 10 fully saturated rings. The van der Waals surface area contributed by atoms with Crippen LogP contribution >= 0.6 is 0 Å². The largest absolute Gasteiger partial charge is 0.463 e. The molecule has 1 saturated heterocycles. The summed E-state index contributed by atoms with van der Waals surface area (Å²) < 4.78 is 27.9. The average molecular weight is 1100 g/mol. The van der Waals surface area contributed by atoms with Crippen molar-refractivity contribution in [1.29, 1.82) is 0 Å². The first kappa shape index (κ1) is 80.8. The molecule has 9 aliphatic carbocycles. The summed E-state index contributed by atoms with van der Waals surface area (Å²) in [5, 5.41) is 10.6. The summed E-state index contributed by atoms with van der Waals surface area (Å²) in [6.45, 7) is 30.6. The fraction of sp³-hybridized carbons (Fsp3) is 0.924. The fourth-order valence-corrected chi connectivity index (χ4v) is 13.4. The predicted octanol–water partition coefficient (Wildman–Crippen LogP) is 17.9. The van der Waals surface area contributed by atoms with Crippen molar-refractivity contribution in [3.8, 4) is 0 Å². The van der Waals surface area contributed by atoms with E-state index < -0.39 is 28.5 Å². The zero-order valence-corrected chi connectivity index (χ0v) is 46.2. The minimum Gasteiger partial charge on any atom is -0.463 e. The highest BCUT2D eigenvalue weighted by molar-refractivity contribution is 5.83. The van der Waals surface area contributed by atoms with Crippen LogP contribution in [0.1, 0.15) is 298 Å². The summed E-state index contributed by atoms with van der Waals surface area (Å²) in [6, 6.07) is 0. The van der Waals surface area contributed by atoms with Crippen molar-refractivity contribution in [3.63, 3.8) is 0 Å². The SMILES string of the molecule is C.C.C.C.C.C.C.C.CCC(C)(C)C(=O)OC1(C(C)C)C2CC3CC(C2)CC1C3.CCC(C)(C)C(=O)OC12CC3CC(CC(O)(C3)C1)C2.CCC(C)(C)C(=O)OC1CCOC1=O.CCC1(OC(=O)C(C)(C)CC)CCCC1. The number of hydrogen-bond donors (Lipinski definition) is 1. The van der Waals surface area contributed by atoms with Crippen LogP contribution in [0.25, 0.3) is 0 Å². The Morgan fingerprint density at radius 1 is 0.558 bits per heavy atom. The minimum absolute atomic E-state index is 0. The summed E-state index contributed by atoms with van der Waals surface area (Å²) >= 11 is 0. The van der Waals surface area contributed by atoms with Crippen LogP contribution in [0.3, 0.4) is 0 Å². The van der Waals surface area contributed by atoms with Crippen LogP contribution in [0.15, 0.2) is 0 Å². The van der Waals surface area contributed by atoms with Gasteiger partial charge in [0, 0.05) is 12.8 Å². The van der Waals surface area contributed by atoms with E-state index in [0.29, 0.717) is 55.5 Å². The number of carbonyl (C=O) groups excluding carboxylic acids is 5. The number of carbonyl (C=O) groups is 5. The van der Waals surface area contributed by atoms with Gasteiger partial charge in [0.05, 0.1) is 33.9 Å². The molecule has 11 heteroatoms. The normalized spacial score (nSPS) is 30.2. The highest BCUT2D eigenvalue weighted by atomic mass is 16.6. The van der Waals surface area contributed by atoms with Gasteiger partial charge in [0.25, 0.3) is 0 Å². The molecule has 10 rings (SSSR count). The second kappa shape index (κ2) is 30.9. The van der Waals surface area contributed by atoms with E-state index in [0.717, 1.165) is 76.0 Å². The highest BCUT2D eigenvalue weighted by Gasteiger charge is 2.62. The van der Waals surface area contributed by atoms with Crippen molar-refractivity contribution in [3.05, 3.63) is 0 Å². The van der Waals surface area contributed by atoms with E-state index in [1.165, 1.54) is 51.4 Å². The topological polar surface area (TPSA) is 152 Å². The van der Waals surface area contributed by atoms with Crippen molar-refractivity contribution in [2.24, 2.45) is 63.1 Å². The van der Waals surface area contributed by atoms with Gasteiger partial charge in [-0.2, -0.15) is 0 Å². The van der Waals surface area contributed by atoms with E-state index in [1.807, 2.05) is 62.3 Å². The van der Waals surface area contributed by atoms with Crippen LogP contribution in [0.4, 0.5) is 0 Å². The van der Waals surface area contributed by atoms with Crippen molar-refractivity contribution in [1.82, 2.24) is 0 Å². The van der Waals surface area contributed by atoms with Crippen LogP contribution in [-0.2, 0) is 47.7 Å². The highest BCUT2D eigenvalue weighted by Crippen LogP contribution is 2.62. The smallest absolute Gasteiger partial charge is 0.347 e. The van der Waals surface area contributed by atoms with Gasteiger partial charge >= 0.3 is 29.8 Å². The molecule has 0 aromatic carbocycles. The lowest BCUT2D eigenvalue weighted by atomic mass is 9.47. The standard InChI is InChI=1S/C19H32O2.C16H26O3.C13H24O2.C10H16O4.8CH4/c1-6-18(4,5)17(20)21-19(12(2)3)15-8-13-7-14(10-15)11-16(19)9-13;1-4-14(2,3)13(17)19-16-8-11-5-12(9-16)7-15(18,6-11)10-16;1-5-12(3,4)11(14)15-13(6-2)9-7-8-10-13;1-4-10(2,3)9(12)14-7-5-6-13-8(7)11;;;;;;;;/h12-16H,6-11H2,1-5H3;11-12,18H,4-10H2,1-3H3;5-10H2,1-4H3;7H,4-6H2,1-3H3;8*1H4. The molecule has 0 spiro atoms. The number of rotatable bonds is 14. The Kier molecular flexibility index (Phi) is 32.5. The van der Waals surface area contributed by atoms with Crippen LogP contribution < -0.4 is 0 Å². The molecular formula is C66H130O11. The zero-order chi connectivity index (χ0) is 51.6. The summed E-state index contributed by atoms with van der Waals surface area (Å²) in [4.78, 5) is 59.7. The zero-order valence-electron chi connectivity index (χ0n) is 46.2. The van der Waals surface area contributed by atoms with E-state index in [2.05, 4.69) is 27.7 Å². The lowest BCUT2D eigenvalue weighted by Crippen LogP contribution is -2.63. The third-order valence-electron chi connectivity index (χ3n) is 19.2. The molecule has 1 aliphatic heterocycles. The number of esters is 5. The maximum atomic E-state index is 12.8. The Morgan fingerprint density at radius 3 is 1.29 bits per heavy atom. The molecular weight excluding hydrogens is 969 g/mol. The molecule has 8 bridgehead atoms. The molecule has 0 aromatic heterocycles. The van der Waals surface area contributed by atoms with E-state index in [9.17, 15) is 29.1 Å². The number of ether oxygens (including phenoxy) is 5. The van der Waals surface area contributed by atoms with Crippen LogP contribution in [-0.4, -0.2) is 70.1 Å². The molecule has 9 saturated carbocycles. The van der Waals surface area contributed by atoms with E-state index in [1.54, 1.807) is 13.8 Å². The summed E-state index contributed by atoms with van der Waals surface area (Å²) in [5.74, 6) is 3.79. The second-order valence-corrected chi connectivity index (χ2v) is 26.4. The minimum atomic E-state index is -0.687. The molecule has 3 atom stereocenters. The molecule has 0 radical (unpaired) electrons. The van der Waals surface area contributed by atoms with E-state index in [-0.39, 0.29) is 111 Å². The van der Waals surface area contributed by atoms with E-state index in [4.69, 9.17) is 23.7 Å². The third-order valence-corrected chi connectivity index (χ3v) is 19.2. The van der Waals surface area contributed by atoms with Crippen molar-refractivity contribution < 1.29 is 52.8 Å². The van der Waals surface area contributed by atoms with Crippen LogP contribution in [0.2, 0.25) is 0 Å². The molecule has 0 amide bonds. The molecule has 10 aliphatic rings. The summed E-state index contributed by atoms with van der Waals surface area (Å²) in [7, 11) is 0. The van der Waals surface area contributed by atoms with Gasteiger partial charge < -0.3 is 28.8 Å². The Labute approximate surface area is 477 Å². The first-order chi connectivity index (χ1) is 32.0. The quantitative estimate of drug-likeness (QED) is 0.131. The summed E-state index contributed by atoms with van der Waals surface area (Å²) in [5.41, 5.74) is -2.83. The van der Waals surface area contributed by atoms with Crippen molar-refractivity contribution in [2.45, 2.75) is 327 Å². The maximum absolute atomic E-state index is 12.8. The lowest BCUT2D eigenvalue weighted by Gasteiger charge is -2.62. The molecule has 3 unspecified atom stereocenters. The molecule has 1 heterocycles. The molecule has 11 nitrogen and oxygen atoms in total. The Hall–Kier alpha value is -2.69. The molecule has 1 N–H and O–H groups in total. The van der Waals surface area contributed by atoms with Gasteiger partial charge in [-0.15, -0.1) is 0 Å².